The third kappa shape index (κ3) is 4.65. The quantitative estimate of drug-likeness (QED) is 0.146. The number of thioether (sulfide) groups is 1. The predicted octanol–water partition coefficient (Wildman–Crippen LogP) is 4.87. The highest BCUT2D eigenvalue weighted by molar-refractivity contribution is 7.99. The van der Waals surface area contributed by atoms with Crippen molar-refractivity contribution in [1.82, 2.24) is 23.7 Å². The minimum absolute atomic E-state index is 0.0271. The molecule has 38 heavy (non-hydrogen) atoms. The number of hydrogen-bond acceptors (Lipinski definition) is 6. The number of hydrogen-bond donors (Lipinski definition) is 0. The summed E-state index contributed by atoms with van der Waals surface area (Å²) in [5, 5.41) is 9.74. The predicted molar refractivity (Wildman–Crippen MR) is 151 cm³/mol. The second kappa shape index (κ2) is 10.7. The van der Waals surface area contributed by atoms with Gasteiger partial charge in [0, 0.05) is 30.0 Å². The van der Waals surface area contributed by atoms with Crippen molar-refractivity contribution < 1.29 is 9.53 Å². The monoisotopic (exact) mass is 527 g/mol. The van der Waals surface area contributed by atoms with E-state index in [-0.39, 0.29) is 17.1 Å². The highest BCUT2D eigenvalue weighted by Crippen LogP contribution is 2.24. The first-order valence-electron chi connectivity index (χ1n) is 12.4. The maximum Gasteiger partial charge on any atom is 0.263 e. The number of methoxy groups -OCH3 is 1. The summed E-state index contributed by atoms with van der Waals surface area (Å²) >= 11 is 1.32. The fraction of sp³-hybridized carbons (Fsp3) is 0.241. The van der Waals surface area contributed by atoms with Gasteiger partial charge in [0.1, 0.15) is 5.75 Å². The number of ether oxygens (including phenoxy) is 1. The summed E-state index contributed by atoms with van der Waals surface area (Å²) in [6.07, 6.45) is 2.51. The molecule has 0 spiro atoms. The molecule has 0 saturated carbocycles. The molecule has 0 N–H and O–H groups in total. The smallest absolute Gasteiger partial charge is 0.263 e. The van der Waals surface area contributed by atoms with E-state index in [1.807, 2.05) is 54.6 Å². The molecule has 9 heteroatoms. The minimum Gasteiger partial charge on any atom is -0.497 e. The Morgan fingerprint density at radius 2 is 1.84 bits per heavy atom. The number of Topliss-reactive ketones (excluding diaryl/α,β-unsaturated/α-hetero) is 1. The third-order valence-electron chi connectivity index (χ3n) is 6.78. The number of benzene rings is 2. The number of carbonyl (C=O) groups is 1. The van der Waals surface area contributed by atoms with Gasteiger partial charge in [-0.15, -0.1) is 16.8 Å². The molecule has 5 rings (SSSR count). The molecule has 0 aliphatic carbocycles. The van der Waals surface area contributed by atoms with Gasteiger partial charge in [-0.1, -0.05) is 42.1 Å². The highest BCUT2D eigenvalue weighted by atomic mass is 32.2. The van der Waals surface area contributed by atoms with Crippen LogP contribution >= 0.6 is 11.8 Å². The Morgan fingerprint density at radius 3 is 2.58 bits per heavy atom. The number of rotatable bonds is 10. The first-order chi connectivity index (χ1) is 18.4. The molecule has 0 unspecified atom stereocenters. The summed E-state index contributed by atoms with van der Waals surface area (Å²) < 4.78 is 10.8. The summed E-state index contributed by atoms with van der Waals surface area (Å²) in [6, 6.07) is 17.4. The average Bonchev–Trinajstić information content (AvgIpc) is 3.49. The zero-order valence-electron chi connectivity index (χ0n) is 21.7. The zero-order valence-corrected chi connectivity index (χ0v) is 22.5. The molecule has 8 nitrogen and oxygen atoms in total. The van der Waals surface area contributed by atoms with Gasteiger partial charge in [-0.05, 0) is 56.2 Å². The molecule has 0 bridgehead atoms. The molecule has 5 aromatic rings. The van der Waals surface area contributed by atoms with Crippen LogP contribution in [0.3, 0.4) is 0 Å². The number of allylic oxidation sites excluding steroid dienone is 1. The van der Waals surface area contributed by atoms with E-state index >= 15 is 0 Å². The lowest BCUT2D eigenvalue weighted by Gasteiger charge is -2.11. The lowest BCUT2D eigenvalue weighted by atomic mass is 10.1. The number of carbonyl (C=O) groups excluding carboxylic acids is 1. The van der Waals surface area contributed by atoms with Crippen molar-refractivity contribution in [2.75, 3.05) is 12.9 Å². The van der Waals surface area contributed by atoms with Crippen LogP contribution in [0.25, 0.3) is 16.7 Å². The summed E-state index contributed by atoms with van der Waals surface area (Å²) in [4.78, 5) is 26.3. The van der Waals surface area contributed by atoms with E-state index in [9.17, 15) is 9.59 Å². The first-order valence-corrected chi connectivity index (χ1v) is 13.3. The number of aryl methyl sites for hydroxylation is 2. The van der Waals surface area contributed by atoms with E-state index in [0.29, 0.717) is 33.9 Å². The van der Waals surface area contributed by atoms with Gasteiger partial charge in [0.05, 0.1) is 23.8 Å². The normalized spacial score (nSPS) is 11.3. The standard InChI is InChI=1S/C29H29N5O3S/c1-5-15-33-27(36)23-8-6-7-9-25(23)34-28(33)30-31-29(34)38-18-26(35)24-17-19(2)32(20(24)3)16-14-21-10-12-22(37-4)13-11-21/h5-13,17H,1,14-16,18H2,2-4H3. The number of ketones is 1. The summed E-state index contributed by atoms with van der Waals surface area (Å²) in [5.74, 6) is 1.50. The van der Waals surface area contributed by atoms with Crippen LogP contribution in [0.2, 0.25) is 0 Å². The molecule has 3 aromatic heterocycles. The Balaban J connectivity index is 1.37. The van der Waals surface area contributed by atoms with Crippen molar-refractivity contribution in [3.8, 4) is 5.75 Å². The van der Waals surface area contributed by atoms with E-state index in [1.54, 1.807) is 23.8 Å². The molecule has 2 aromatic carbocycles. The summed E-state index contributed by atoms with van der Waals surface area (Å²) in [6.45, 7) is 8.89. The van der Waals surface area contributed by atoms with Crippen LogP contribution in [0.15, 0.2) is 77.2 Å². The Hall–Kier alpha value is -4.11. The Labute approximate surface area is 224 Å². The van der Waals surface area contributed by atoms with Crippen molar-refractivity contribution in [1.29, 1.82) is 0 Å². The van der Waals surface area contributed by atoms with Crippen molar-refractivity contribution >= 4 is 34.2 Å². The average molecular weight is 528 g/mol. The van der Waals surface area contributed by atoms with E-state index in [0.717, 1.165) is 30.1 Å². The molecule has 0 radical (unpaired) electrons. The topological polar surface area (TPSA) is 83.4 Å². The van der Waals surface area contributed by atoms with Gasteiger partial charge in [-0.3, -0.25) is 18.6 Å². The van der Waals surface area contributed by atoms with Crippen LogP contribution in [0.1, 0.15) is 27.3 Å². The van der Waals surface area contributed by atoms with Crippen LogP contribution in [-0.4, -0.2) is 42.4 Å². The van der Waals surface area contributed by atoms with Crippen molar-refractivity contribution in [3.05, 3.63) is 100 Å². The van der Waals surface area contributed by atoms with Gasteiger partial charge in [-0.2, -0.15) is 0 Å². The highest BCUT2D eigenvalue weighted by Gasteiger charge is 2.20. The van der Waals surface area contributed by atoms with Crippen LogP contribution < -0.4 is 10.3 Å². The van der Waals surface area contributed by atoms with E-state index in [2.05, 4.69) is 33.5 Å². The van der Waals surface area contributed by atoms with Crippen molar-refractivity contribution in [2.45, 2.75) is 38.5 Å². The van der Waals surface area contributed by atoms with E-state index < -0.39 is 0 Å². The Morgan fingerprint density at radius 1 is 1.08 bits per heavy atom. The SMILES string of the molecule is C=CCn1c(=O)c2ccccc2n2c(SCC(=O)c3cc(C)n(CCc4ccc(OC)cc4)c3C)nnc12. The van der Waals surface area contributed by atoms with Gasteiger partial charge in [0.25, 0.3) is 5.56 Å². The lowest BCUT2D eigenvalue weighted by molar-refractivity contribution is 0.102. The second-order valence-electron chi connectivity index (χ2n) is 9.09. The van der Waals surface area contributed by atoms with Crippen molar-refractivity contribution in [2.24, 2.45) is 0 Å². The fourth-order valence-electron chi connectivity index (χ4n) is 4.79. The number of aromatic nitrogens is 5. The lowest BCUT2D eigenvalue weighted by Crippen LogP contribution is -2.22. The summed E-state index contributed by atoms with van der Waals surface area (Å²) in [7, 11) is 1.66. The molecule has 0 atom stereocenters. The maximum atomic E-state index is 13.3. The number of nitrogens with zero attached hydrogens (tertiary/aromatic N) is 5. The molecule has 194 valence electrons. The second-order valence-corrected chi connectivity index (χ2v) is 10.0. The van der Waals surface area contributed by atoms with Crippen LogP contribution in [0.4, 0.5) is 0 Å². The minimum atomic E-state index is -0.143. The molecule has 0 saturated heterocycles. The summed E-state index contributed by atoms with van der Waals surface area (Å²) in [5.41, 5.74) is 4.50. The zero-order chi connectivity index (χ0) is 26.8. The molecule has 0 aliphatic heterocycles. The fourth-order valence-corrected chi connectivity index (χ4v) is 5.61. The molecular formula is C29H29N5O3S. The largest absolute Gasteiger partial charge is 0.497 e. The molecular weight excluding hydrogens is 498 g/mol. The van der Waals surface area contributed by atoms with Crippen LogP contribution in [0.5, 0.6) is 5.75 Å². The first kappa shape index (κ1) is 25.5. The maximum absolute atomic E-state index is 13.3. The van der Waals surface area contributed by atoms with Gasteiger partial charge >= 0.3 is 0 Å². The van der Waals surface area contributed by atoms with Crippen LogP contribution in [-0.2, 0) is 19.5 Å². The Kier molecular flexibility index (Phi) is 7.20. The molecule has 0 amide bonds. The van der Waals surface area contributed by atoms with Gasteiger partial charge < -0.3 is 9.30 Å². The van der Waals surface area contributed by atoms with Gasteiger partial charge in [0.2, 0.25) is 5.78 Å². The number of para-hydroxylation sites is 1. The van der Waals surface area contributed by atoms with E-state index in [4.69, 9.17) is 4.74 Å². The number of fused-ring (bicyclic) bond motifs is 3. The van der Waals surface area contributed by atoms with Crippen molar-refractivity contribution in [3.63, 3.8) is 0 Å². The molecule has 0 fully saturated rings. The van der Waals surface area contributed by atoms with Gasteiger partial charge in [-0.25, -0.2) is 0 Å². The molecule has 3 heterocycles. The van der Waals surface area contributed by atoms with E-state index in [1.165, 1.54) is 17.3 Å². The van der Waals surface area contributed by atoms with Gasteiger partial charge in [0.15, 0.2) is 10.9 Å². The molecule has 0 aliphatic rings. The third-order valence-corrected chi connectivity index (χ3v) is 7.71. The van der Waals surface area contributed by atoms with Crippen LogP contribution in [0, 0.1) is 13.8 Å². The Bertz CT molecular complexity index is 1710.